The van der Waals surface area contributed by atoms with E-state index in [4.69, 9.17) is 10.5 Å². The molecule has 0 radical (unpaired) electrons. The van der Waals surface area contributed by atoms with Gasteiger partial charge in [0.05, 0.1) is 0 Å². The molecule has 0 fully saturated rings. The molecule has 0 aromatic heterocycles. The third-order valence-electron chi connectivity index (χ3n) is 1.22. The Morgan fingerprint density at radius 1 is 1.44 bits per heavy atom. The van der Waals surface area contributed by atoms with Gasteiger partial charge in [0.15, 0.2) is 0 Å². The van der Waals surface area contributed by atoms with Crippen molar-refractivity contribution in [3.05, 3.63) is 0 Å². The Labute approximate surface area is 57.4 Å². The second-order valence-corrected chi connectivity index (χ2v) is 2.14. The lowest BCUT2D eigenvalue weighted by Crippen LogP contribution is -2.23. The summed E-state index contributed by atoms with van der Waals surface area (Å²) in [5.74, 6) is 0. The largest absolute Gasteiger partial charge is 0.364 e. The number of ether oxygens (including phenoxy) is 1. The van der Waals surface area contributed by atoms with Crippen LogP contribution in [0.4, 0.5) is 0 Å². The maximum absolute atomic E-state index is 5.55. The molecule has 0 saturated heterocycles. The molecule has 0 aromatic rings. The highest BCUT2D eigenvalue weighted by Gasteiger charge is 1.97. The van der Waals surface area contributed by atoms with Crippen molar-refractivity contribution in [1.82, 2.24) is 0 Å². The van der Waals surface area contributed by atoms with Gasteiger partial charge in [0.1, 0.15) is 6.23 Å². The molecule has 0 aliphatic carbocycles. The smallest absolute Gasteiger partial charge is 0.105 e. The molecule has 9 heavy (non-hydrogen) atoms. The predicted molar refractivity (Wildman–Crippen MR) is 39.1 cm³/mol. The molecule has 56 valence electrons. The standard InChI is InChI=1S/C7H17NO/c1-3-5-6-7(8)9-4-2/h7H,3-6,8H2,1-2H3. The van der Waals surface area contributed by atoms with Gasteiger partial charge in [0.2, 0.25) is 0 Å². The van der Waals surface area contributed by atoms with Gasteiger partial charge in [-0.1, -0.05) is 13.3 Å². The van der Waals surface area contributed by atoms with Crippen LogP contribution in [-0.4, -0.2) is 12.8 Å². The predicted octanol–water partition coefficient (Wildman–Crippen LogP) is 1.50. The molecule has 2 nitrogen and oxygen atoms in total. The summed E-state index contributed by atoms with van der Waals surface area (Å²) < 4.78 is 5.12. The van der Waals surface area contributed by atoms with Crippen LogP contribution in [0.2, 0.25) is 0 Å². The van der Waals surface area contributed by atoms with Crippen LogP contribution in [0.15, 0.2) is 0 Å². The van der Waals surface area contributed by atoms with E-state index in [1.807, 2.05) is 6.92 Å². The fourth-order valence-electron chi connectivity index (χ4n) is 0.703. The van der Waals surface area contributed by atoms with Crippen LogP contribution in [0.25, 0.3) is 0 Å². The summed E-state index contributed by atoms with van der Waals surface area (Å²) in [6.07, 6.45) is 3.32. The number of nitrogens with two attached hydrogens (primary N) is 1. The van der Waals surface area contributed by atoms with Gasteiger partial charge in [-0.05, 0) is 19.8 Å². The first-order valence-corrected chi connectivity index (χ1v) is 3.68. The Hall–Kier alpha value is -0.0800. The molecule has 1 atom stereocenters. The molecule has 0 aliphatic rings. The summed E-state index contributed by atoms with van der Waals surface area (Å²) in [7, 11) is 0. The first-order chi connectivity index (χ1) is 4.31. The van der Waals surface area contributed by atoms with Gasteiger partial charge in [-0.2, -0.15) is 0 Å². The molecular formula is C7H17NO. The Morgan fingerprint density at radius 3 is 2.56 bits per heavy atom. The van der Waals surface area contributed by atoms with E-state index in [0.717, 1.165) is 13.0 Å². The van der Waals surface area contributed by atoms with E-state index in [1.54, 1.807) is 0 Å². The van der Waals surface area contributed by atoms with Gasteiger partial charge >= 0.3 is 0 Å². The number of hydrogen-bond acceptors (Lipinski definition) is 2. The van der Waals surface area contributed by atoms with E-state index in [0.29, 0.717) is 0 Å². The van der Waals surface area contributed by atoms with Crippen LogP contribution < -0.4 is 5.73 Å². The molecule has 0 heterocycles. The Balaban J connectivity index is 2.95. The minimum atomic E-state index is -0.0325. The van der Waals surface area contributed by atoms with E-state index in [-0.39, 0.29) is 6.23 Å². The highest BCUT2D eigenvalue weighted by Crippen LogP contribution is 1.98. The van der Waals surface area contributed by atoms with E-state index in [9.17, 15) is 0 Å². The molecule has 0 aliphatic heterocycles. The number of rotatable bonds is 5. The van der Waals surface area contributed by atoms with Crippen molar-refractivity contribution >= 4 is 0 Å². The molecule has 0 aromatic carbocycles. The molecule has 2 N–H and O–H groups in total. The maximum Gasteiger partial charge on any atom is 0.105 e. The second kappa shape index (κ2) is 6.05. The maximum atomic E-state index is 5.55. The SMILES string of the molecule is CCCCC(N)OCC. The van der Waals surface area contributed by atoms with Gasteiger partial charge in [0, 0.05) is 6.61 Å². The first kappa shape index (κ1) is 8.92. The van der Waals surface area contributed by atoms with E-state index >= 15 is 0 Å². The van der Waals surface area contributed by atoms with E-state index in [1.165, 1.54) is 12.8 Å². The lowest BCUT2D eigenvalue weighted by atomic mass is 10.2. The zero-order valence-corrected chi connectivity index (χ0v) is 6.39. The minimum absolute atomic E-state index is 0.0325. The van der Waals surface area contributed by atoms with Gasteiger partial charge < -0.3 is 10.5 Å². The molecule has 0 bridgehead atoms. The van der Waals surface area contributed by atoms with Gasteiger partial charge in [0.25, 0.3) is 0 Å². The highest BCUT2D eigenvalue weighted by atomic mass is 16.5. The minimum Gasteiger partial charge on any atom is -0.364 e. The molecule has 0 saturated carbocycles. The Bertz CT molecular complexity index is 56.9. The van der Waals surface area contributed by atoms with Crippen molar-refractivity contribution in [3.63, 3.8) is 0 Å². The second-order valence-electron chi connectivity index (χ2n) is 2.14. The average Bonchev–Trinajstić information content (AvgIpc) is 1.85. The zero-order chi connectivity index (χ0) is 7.11. The number of hydrogen-bond donors (Lipinski definition) is 1. The fourth-order valence-corrected chi connectivity index (χ4v) is 0.703. The van der Waals surface area contributed by atoms with Gasteiger partial charge in [-0.3, -0.25) is 0 Å². The molecule has 1 unspecified atom stereocenters. The molecule has 0 amide bonds. The highest BCUT2D eigenvalue weighted by molar-refractivity contribution is 4.46. The van der Waals surface area contributed by atoms with Gasteiger partial charge in [-0.25, -0.2) is 0 Å². The number of unbranched alkanes of at least 4 members (excludes halogenated alkanes) is 1. The third kappa shape index (κ3) is 5.80. The average molecular weight is 131 g/mol. The molecular weight excluding hydrogens is 114 g/mol. The summed E-state index contributed by atoms with van der Waals surface area (Å²) in [4.78, 5) is 0. The summed E-state index contributed by atoms with van der Waals surface area (Å²) >= 11 is 0. The normalized spacial score (nSPS) is 13.7. The van der Waals surface area contributed by atoms with Crippen molar-refractivity contribution in [1.29, 1.82) is 0 Å². The van der Waals surface area contributed by atoms with Crippen LogP contribution in [0.1, 0.15) is 33.1 Å². The lowest BCUT2D eigenvalue weighted by Gasteiger charge is -2.09. The van der Waals surface area contributed by atoms with Crippen LogP contribution >= 0.6 is 0 Å². The topological polar surface area (TPSA) is 35.2 Å². The van der Waals surface area contributed by atoms with Crippen molar-refractivity contribution in [3.8, 4) is 0 Å². The van der Waals surface area contributed by atoms with Crippen LogP contribution in [0.5, 0.6) is 0 Å². The molecule has 2 heteroatoms. The van der Waals surface area contributed by atoms with Crippen molar-refractivity contribution in [2.45, 2.75) is 39.3 Å². The quantitative estimate of drug-likeness (QED) is 0.574. The lowest BCUT2D eigenvalue weighted by molar-refractivity contribution is 0.0601. The van der Waals surface area contributed by atoms with E-state index in [2.05, 4.69) is 6.92 Å². The first-order valence-electron chi connectivity index (χ1n) is 3.68. The fraction of sp³-hybridized carbons (Fsp3) is 1.00. The van der Waals surface area contributed by atoms with Crippen molar-refractivity contribution in [2.24, 2.45) is 5.73 Å². The summed E-state index contributed by atoms with van der Waals surface area (Å²) in [6.45, 7) is 4.84. The van der Waals surface area contributed by atoms with Crippen molar-refractivity contribution in [2.75, 3.05) is 6.61 Å². The third-order valence-corrected chi connectivity index (χ3v) is 1.22. The van der Waals surface area contributed by atoms with Crippen LogP contribution in [-0.2, 0) is 4.74 Å². The monoisotopic (exact) mass is 131 g/mol. The van der Waals surface area contributed by atoms with Crippen LogP contribution in [0, 0.1) is 0 Å². The molecule has 0 spiro atoms. The Kier molecular flexibility index (Phi) is 5.99. The Morgan fingerprint density at radius 2 is 2.11 bits per heavy atom. The van der Waals surface area contributed by atoms with Crippen molar-refractivity contribution < 1.29 is 4.74 Å². The van der Waals surface area contributed by atoms with E-state index < -0.39 is 0 Å². The van der Waals surface area contributed by atoms with Gasteiger partial charge in [-0.15, -0.1) is 0 Å². The molecule has 0 rings (SSSR count). The zero-order valence-electron chi connectivity index (χ0n) is 6.39. The van der Waals surface area contributed by atoms with Crippen LogP contribution in [0.3, 0.4) is 0 Å². The summed E-state index contributed by atoms with van der Waals surface area (Å²) in [6, 6.07) is 0. The summed E-state index contributed by atoms with van der Waals surface area (Å²) in [5, 5.41) is 0. The summed E-state index contributed by atoms with van der Waals surface area (Å²) in [5.41, 5.74) is 5.55.